The van der Waals surface area contributed by atoms with Gasteiger partial charge in [0.15, 0.2) is 0 Å². The Hall–Kier alpha value is -2.47. The molecular weight excluding hydrogens is 244 g/mol. The molecule has 0 spiro atoms. The van der Waals surface area contributed by atoms with E-state index in [-0.39, 0.29) is 13.1 Å². The van der Waals surface area contributed by atoms with Crippen LogP contribution in [0.4, 0.5) is 5.69 Å². The molecule has 0 aliphatic carbocycles. The van der Waals surface area contributed by atoms with Crippen LogP contribution in [0.5, 0.6) is 0 Å². The Morgan fingerprint density at radius 2 is 2.00 bits per heavy atom. The highest BCUT2D eigenvalue weighted by Gasteiger charge is 2.12. The summed E-state index contributed by atoms with van der Waals surface area (Å²) in [5, 5.41) is 5.77. The third-order valence-electron chi connectivity index (χ3n) is 2.48. The molecule has 6 nitrogen and oxygen atoms in total. The normalized spacial score (nSPS) is 10.2. The Labute approximate surface area is 110 Å². The molecule has 0 aliphatic heterocycles. The third kappa shape index (κ3) is 3.26. The van der Waals surface area contributed by atoms with Gasteiger partial charge >= 0.3 is 11.8 Å². The zero-order chi connectivity index (χ0) is 13.7. The molecule has 2 rings (SSSR count). The predicted molar refractivity (Wildman–Crippen MR) is 72.4 cm³/mol. The van der Waals surface area contributed by atoms with Crippen molar-refractivity contribution in [2.75, 3.05) is 18.4 Å². The number of carbonyl (C=O) groups is 2. The average Bonchev–Trinajstić information content (AvgIpc) is 2.44. The summed E-state index contributed by atoms with van der Waals surface area (Å²) in [6, 6.07) is 9.27. The molecule has 0 saturated heterocycles. The second-order valence-electron chi connectivity index (χ2n) is 3.92. The summed E-state index contributed by atoms with van der Waals surface area (Å²) < 4.78 is 0. The fraction of sp³-hybridized carbons (Fsp3) is 0.154. The van der Waals surface area contributed by atoms with Crippen molar-refractivity contribution < 1.29 is 9.59 Å². The number of fused-ring (bicyclic) bond motifs is 1. The van der Waals surface area contributed by atoms with Crippen LogP contribution < -0.4 is 16.4 Å². The van der Waals surface area contributed by atoms with Crippen molar-refractivity contribution in [3.8, 4) is 0 Å². The lowest BCUT2D eigenvalue weighted by Gasteiger charge is -2.06. The number of nitrogens with one attached hydrogen (secondary N) is 2. The largest absolute Gasteiger partial charge is 0.347 e. The second kappa shape index (κ2) is 5.92. The maximum absolute atomic E-state index is 11.6. The zero-order valence-corrected chi connectivity index (χ0v) is 10.2. The van der Waals surface area contributed by atoms with Crippen molar-refractivity contribution in [1.29, 1.82) is 0 Å². The van der Waals surface area contributed by atoms with Gasteiger partial charge in [0, 0.05) is 18.5 Å². The third-order valence-corrected chi connectivity index (χ3v) is 2.48. The monoisotopic (exact) mass is 258 g/mol. The van der Waals surface area contributed by atoms with E-state index in [1.165, 1.54) is 6.20 Å². The summed E-state index contributed by atoms with van der Waals surface area (Å²) in [6.07, 6.45) is 1.51. The van der Waals surface area contributed by atoms with Crippen LogP contribution >= 0.6 is 0 Å². The van der Waals surface area contributed by atoms with E-state index in [2.05, 4.69) is 15.6 Å². The number of nitrogens with zero attached hydrogens (tertiary/aromatic N) is 1. The van der Waals surface area contributed by atoms with E-state index in [1.54, 1.807) is 6.07 Å². The van der Waals surface area contributed by atoms with Crippen molar-refractivity contribution in [3.05, 3.63) is 36.5 Å². The molecule has 0 saturated carbocycles. The summed E-state index contributed by atoms with van der Waals surface area (Å²) in [5.74, 6) is -1.44. The summed E-state index contributed by atoms with van der Waals surface area (Å²) in [4.78, 5) is 27.1. The van der Waals surface area contributed by atoms with E-state index in [0.717, 1.165) is 10.9 Å². The molecule has 1 aromatic carbocycles. The van der Waals surface area contributed by atoms with Crippen LogP contribution in [0.25, 0.3) is 10.9 Å². The minimum absolute atomic E-state index is 0.266. The van der Waals surface area contributed by atoms with Crippen LogP contribution in [0.3, 0.4) is 0 Å². The van der Waals surface area contributed by atoms with E-state index in [9.17, 15) is 9.59 Å². The number of nitrogens with two attached hydrogens (primary N) is 1. The van der Waals surface area contributed by atoms with Crippen LogP contribution in [0, 0.1) is 0 Å². The molecule has 6 heteroatoms. The standard InChI is InChI=1S/C13H14N4O2/c14-5-6-15-12(18)13(19)17-10-7-9-3-1-2-4-11(9)16-8-10/h1-4,7-8H,5-6,14H2,(H,15,18)(H,17,19). The van der Waals surface area contributed by atoms with Gasteiger partial charge in [0.1, 0.15) is 0 Å². The fourth-order valence-corrected chi connectivity index (χ4v) is 1.59. The molecule has 1 heterocycles. The number of hydrogen-bond donors (Lipinski definition) is 3. The highest BCUT2D eigenvalue weighted by Crippen LogP contribution is 2.15. The van der Waals surface area contributed by atoms with E-state index >= 15 is 0 Å². The first-order chi connectivity index (χ1) is 9.20. The molecule has 2 aromatic rings. The molecule has 0 atom stereocenters. The summed E-state index contributed by atoms with van der Waals surface area (Å²) >= 11 is 0. The molecule has 0 radical (unpaired) electrons. The fourth-order valence-electron chi connectivity index (χ4n) is 1.59. The van der Waals surface area contributed by atoms with E-state index in [4.69, 9.17) is 5.73 Å². The summed E-state index contributed by atoms with van der Waals surface area (Å²) in [6.45, 7) is 0.554. The van der Waals surface area contributed by atoms with Crippen molar-refractivity contribution >= 4 is 28.4 Å². The Kier molecular flexibility index (Phi) is 4.04. The predicted octanol–water partition coefficient (Wildman–Crippen LogP) is 0.248. The lowest BCUT2D eigenvalue weighted by molar-refractivity contribution is -0.136. The number of carbonyl (C=O) groups excluding carboxylic acids is 2. The molecule has 1 aromatic heterocycles. The van der Waals surface area contributed by atoms with Gasteiger partial charge in [0.05, 0.1) is 17.4 Å². The van der Waals surface area contributed by atoms with Gasteiger partial charge in [-0.1, -0.05) is 18.2 Å². The molecule has 0 fully saturated rings. The number of anilines is 1. The number of benzene rings is 1. The number of hydrogen-bond acceptors (Lipinski definition) is 4. The average molecular weight is 258 g/mol. The maximum Gasteiger partial charge on any atom is 0.313 e. The van der Waals surface area contributed by atoms with Gasteiger partial charge in [-0.15, -0.1) is 0 Å². The van der Waals surface area contributed by atoms with Crippen LogP contribution in [-0.2, 0) is 9.59 Å². The molecule has 0 unspecified atom stereocenters. The molecule has 0 bridgehead atoms. The van der Waals surface area contributed by atoms with E-state index in [0.29, 0.717) is 5.69 Å². The molecule has 2 amide bonds. The van der Waals surface area contributed by atoms with Crippen LogP contribution in [-0.4, -0.2) is 29.9 Å². The number of para-hydroxylation sites is 1. The van der Waals surface area contributed by atoms with Crippen LogP contribution in [0.1, 0.15) is 0 Å². The van der Waals surface area contributed by atoms with Gasteiger partial charge in [0.2, 0.25) is 0 Å². The van der Waals surface area contributed by atoms with Crippen molar-refractivity contribution in [3.63, 3.8) is 0 Å². The Balaban J connectivity index is 2.08. The van der Waals surface area contributed by atoms with Crippen molar-refractivity contribution in [1.82, 2.24) is 10.3 Å². The van der Waals surface area contributed by atoms with Gasteiger partial charge in [-0.25, -0.2) is 0 Å². The minimum atomic E-state index is -0.731. The van der Waals surface area contributed by atoms with Crippen LogP contribution in [0.2, 0.25) is 0 Å². The van der Waals surface area contributed by atoms with Crippen molar-refractivity contribution in [2.24, 2.45) is 5.73 Å². The summed E-state index contributed by atoms with van der Waals surface area (Å²) in [5.41, 5.74) is 6.54. The van der Waals surface area contributed by atoms with Gasteiger partial charge in [-0.3, -0.25) is 14.6 Å². The number of amides is 2. The SMILES string of the molecule is NCCNC(=O)C(=O)Nc1cnc2ccccc2c1. The van der Waals surface area contributed by atoms with Crippen LogP contribution in [0.15, 0.2) is 36.5 Å². The summed E-state index contributed by atoms with van der Waals surface area (Å²) in [7, 11) is 0. The second-order valence-corrected chi connectivity index (χ2v) is 3.92. The van der Waals surface area contributed by atoms with E-state index in [1.807, 2.05) is 24.3 Å². The first-order valence-corrected chi connectivity index (χ1v) is 5.85. The number of aromatic nitrogens is 1. The molecule has 98 valence electrons. The first-order valence-electron chi connectivity index (χ1n) is 5.85. The lowest BCUT2D eigenvalue weighted by Crippen LogP contribution is -2.37. The zero-order valence-electron chi connectivity index (χ0n) is 10.2. The topological polar surface area (TPSA) is 97.1 Å². The maximum atomic E-state index is 11.6. The highest BCUT2D eigenvalue weighted by molar-refractivity contribution is 6.39. The van der Waals surface area contributed by atoms with Gasteiger partial charge in [0.25, 0.3) is 0 Å². The Bertz CT molecular complexity index is 612. The lowest BCUT2D eigenvalue weighted by atomic mass is 10.2. The quantitative estimate of drug-likeness (QED) is 0.687. The minimum Gasteiger partial charge on any atom is -0.347 e. The van der Waals surface area contributed by atoms with Crippen molar-refractivity contribution in [2.45, 2.75) is 0 Å². The number of pyridine rings is 1. The molecule has 4 N–H and O–H groups in total. The van der Waals surface area contributed by atoms with E-state index < -0.39 is 11.8 Å². The van der Waals surface area contributed by atoms with Gasteiger partial charge in [-0.2, -0.15) is 0 Å². The molecule has 19 heavy (non-hydrogen) atoms. The van der Waals surface area contributed by atoms with Gasteiger partial charge in [-0.05, 0) is 12.1 Å². The first kappa shape index (κ1) is 13.0. The molecule has 0 aliphatic rings. The Morgan fingerprint density at radius 1 is 1.21 bits per heavy atom. The Morgan fingerprint density at radius 3 is 2.79 bits per heavy atom. The van der Waals surface area contributed by atoms with Gasteiger partial charge < -0.3 is 16.4 Å². The highest BCUT2D eigenvalue weighted by atomic mass is 16.2. The smallest absolute Gasteiger partial charge is 0.313 e. The molecular formula is C13H14N4O2. The number of rotatable bonds is 3.